The second-order valence-corrected chi connectivity index (χ2v) is 4.85. The number of nitrogens with one attached hydrogen (secondary N) is 1. The van der Waals surface area contributed by atoms with Gasteiger partial charge in [0, 0.05) is 19.8 Å². The Morgan fingerprint density at radius 2 is 2.18 bits per heavy atom. The van der Waals surface area contributed by atoms with Gasteiger partial charge in [-0.3, -0.25) is 9.59 Å². The smallest absolute Gasteiger partial charge is 0.242 e. The molecule has 2 fully saturated rings. The highest BCUT2D eigenvalue weighted by Crippen LogP contribution is 2.28. The molecule has 0 bridgehead atoms. The molecule has 0 spiro atoms. The van der Waals surface area contributed by atoms with Crippen molar-refractivity contribution in [3.05, 3.63) is 0 Å². The predicted molar refractivity (Wildman–Crippen MR) is 62.3 cm³/mol. The molecule has 96 valence electrons. The Morgan fingerprint density at radius 1 is 1.41 bits per heavy atom. The summed E-state index contributed by atoms with van der Waals surface area (Å²) < 4.78 is 5.51. The van der Waals surface area contributed by atoms with E-state index in [4.69, 9.17) is 4.74 Å². The van der Waals surface area contributed by atoms with E-state index in [1.54, 1.807) is 11.8 Å². The molecule has 0 aromatic carbocycles. The van der Waals surface area contributed by atoms with Crippen molar-refractivity contribution in [3.8, 4) is 0 Å². The molecule has 5 heteroatoms. The maximum absolute atomic E-state index is 11.6. The van der Waals surface area contributed by atoms with Crippen LogP contribution in [0.3, 0.4) is 0 Å². The zero-order valence-corrected chi connectivity index (χ0v) is 10.3. The molecule has 1 aliphatic heterocycles. The number of rotatable bonds is 6. The van der Waals surface area contributed by atoms with Crippen LogP contribution in [0.1, 0.15) is 26.2 Å². The van der Waals surface area contributed by atoms with Gasteiger partial charge < -0.3 is 15.0 Å². The van der Waals surface area contributed by atoms with Gasteiger partial charge in [-0.05, 0) is 32.1 Å². The maximum atomic E-state index is 11.6. The molecule has 1 saturated carbocycles. The normalized spacial score (nSPS) is 25.0. The molecular weight excluding hydrogens is 220 g/mol. The Labute approximate surface area is 101 Å². The molecule has 2 rings (SSSR count). The van der Waals surface area contributed by atoms with Crippen molar-refractivity contribution in [3.63, 3.8) is 0 Å². The molecule has 0 aromatic heterocycles. The Hall–Kier alpha value is -1.10. The Bertz CT molecular complexity index is 302. The highest BCUT2D eigenvalue weighted by molar-refractivity contribution is 5.94. The molecule has 17 heavy (non-hydrogen) atoms. The minimum Gasteiger partial charge on any atom is -0.381 e. The molecule has 5 nitrogen and oxygen atoms in total. The lowest BCUT2D eigenvalue weighted by Crippen LogP contribution is -2.57. The molecule has 1 aliphatic carbocycles. The second kappa shape index (κ2) is 5.49. The van der Waals surface area contributed by atoms with Crippen LogP contribution in [0.5, 0.6) is 0 Å². The SMILES string of the molecule is CC1C(=O)NCC(=O)N1CCCOCC1CC1. The molecule has 0 aromatic rings. The quantitative estimate of drug-likeness (QED) is 0.672. The summed E-state index contributed by atoms with van der Waals surface area (Å²) in [4.78, 5) is 24.6. The fourth-order valence-corrected chi connectivity index (χ4v) is 1.96. The van der Waals surface area contributed by atoms with Crippen molar-refractivity contribution in [2.75, 3.05) is 26.3 Å². The van der Waals surface area contributed by atoms with E-state index in [1.807, 2.05) is 0 Å². The lowest BCUT2D eigenvalue weighted by molar-refractivity contribution is -0.145. The standard InChI is InChI=1S/C12H20N2O3/c1-9-12(16)13-7-11(15)14(9)5-2-6-17-8-10-3-4-10/h9-10H,2-8H2,1H3,(H,13,16). The van der Waals surface area contributed by atoms with Crippen molar-refractivity contribution in [1.29, 1.82) is 0 Å². The number of carbonyl (C=O) groups excluding carboxylic acids is 2. The van der Waals surface area contributed by atoms with Crippen LogP contribution in [0.4, 0.5) is 0 Å². The summed E-state index contributed by atoms with van der Waals surface area (Å²) in [5.74, 6) is 0.708. The minimum atomic E-state index is -0.348. The molecule has 2 aliphatic rings. The van der Waals surface area contributed by atoms with Gasteiger partial charge in [-0.1, -0.05) is 0 Å². The van der Waals surface area contributed by atoms with Crippen LogP contribution in [0.2, 0.25) is 0 Å². The Kier molecular flexibility index (Phi) is 3.99. The van der Waals surface area contributed by atoms with Crippen molar-refractivity contribution in [1.82, 2.24) is 10.2 Å². The van der Waals surface area contributed by atoms with Crippen LogP contribution in [-0.2, 0) is 14.3 Å². The Balaban J connectivity index is 1.65. The molecule has 1 unspecified atom stereocenters. The van der Waals surface area contributed by atoms with Gasteiger partial charge in [0.05, 0.1) is 6.54 Å². The number of hydrogen-bond acceptors (Lipinski definition) is 3. The molecule has 1 heterocycles. The molecule has 1 atom stereocenters. The topological polar surface area (TPSA) is 58.6 Å². The van der Waals surface area contributed by atoms with Crippen LogP contribution in [-0.4, -0.2) is 49.1 Å². The third-order valence-electron chi connectivity index (χ3n) is 3.32. The fourth-order valence-electron chi connectivity index (χ4n) is 1.96. The van der Waals surface area contributed by atoms with Gasteiger partial charge in [0.1, 0.15) is 6.04 Å². The number of carbonyl (C=O) groups is 2. The molecule has 0 radical (unpaired) electrons. The predicted octanol–water partition coefficient (Wildman–Crippen LogP) is 0.150. The van der Waals surface area contributed by atoms with E-state index in [2.05, 4.69) is 5.32 Å². The summed E-state index contributed by atoms with van der Waals surface area (Å²) in [6, 6.07) is -0.348. The average molecular weight is 240 g/mol. The van der Waals surface area contributed by atoms with Crippen LogP contribution < -0.4 is 5.32 Å². The lowest BCUT2D eigenvalue weighted by atomic mass is 10.2. The van der Waals surface area contributed by atoms with Crippen molar-refractivity contribution < 1.29 is 14.3 Å². The number of piperazine rings is 1. The molecule has 1 N–H and O–H groups in total. The van der Waals surface area contributed by atoms with Crippen LogP contribution in [0, 0.1) is 5.92 Å². The van der Waals surface area contributed by atoms with E-state index in [0.29, 0.717) is 13.2 Å². The third-order valence-corrected chi connectivity index (χ3v) is 3.32. The van der Waals surface area contributed by atoms with Crippen LogP contribution in [0.15, 0.2) is 0 Å². The van der Waals surface area contributed by atoms with Gasteiger partial charge >= 0.3 is 0 Å². The number of ether oxygens (including phenoxy) is 1. The molecule has 2 amide bonds. The number of hydrogen-bond donors (Lipinski definition) is 1. The number of amides is 2. The summed E-state index contributed by atoms with van der Waals surface area (Å²) in [5, 5.41) is 2.57. The molecule has 1 saturated heterocycles. The first-order valence-corrected chi connectivity index (χ1v) is 6.33. The summed E-state index contributed by atoms with van der Waals surface area (Å²) >= 11 is 0. The Morgan fingerprint density at radius 3 is 2.88 bits per heavy atom. The first-order chi connectivity index (χ1) is 8.18. The lowest BCUT2D eigenvalue weighted by Gasteiger charge is -2.32. The van der Waals surface area contributed by atoms with Gasteiger partial charge in [-0.15, -0.1) is 0 Å². The van der Waals surface area contributed by atoms with Crippen LogP contribution >= 0.6 is 0 Å². The van der Waals surface area contributed by atoms with Gasteiger partial charge in [0.15, 0.2) is 0 Å². The van der Waals surface area contributed by atoms with Gasteiger partial charge in [-0.2, -0.15) is 0 Å². The summed E-state index contributed by atoms with van der Waals surface area (Å²) in [5.41, 5.74) is 0. The van der Waals surface area contributed by atoms with E-state index in [1.165, 1.54) is 12.8 Å². The second-order valence-electron chi connectivity index (χ2n) is 4.85. The third kappa shape index (κ3) is 3.43. The van der Waals surface area contributed by atoms with E-state index >= 15 is 0 Å². The van der Waals surface area contributed by atoms with E-state index in [0.717, 1.165) is 18.9 Å². The van der Waals surface area contributed by atoms with E-state index < -0.39 is 0 Å². The first kappa shape index (κ1) is 12.4. The average Bonchev–Trinajstić information content (AvgIpc) is 3.11. The van der Waals surface area contributed by atoms with Gasteiger partial charge in [-0.25, -0.2) is 0 Å². The monoisotopic (exact) mass is 240 g/mol. The summed E-state index contributed by atoms with van der Waals surface area (Å²) in [6.45, 7) is 4.03. The summed E-state index contributed by atoms with van der Waals surface area (Å²) in [6.07, 6.45) is 3.39. The first-order valence-electron chi connectivity index (χ1n) is 6.33. The molecular formula is C12H20N2O3. The zero-order valence-electron chi connectivity index (χ0n) is 10.3. The van der Waals surface area contributed by atoms with Gasteiger partial charge in [0.25, 0.3) is 0 Å². The highest BCUT2D eigenvalue weighted by atomic mass is 16.5. The maximum Gasteiger partial charge on any atom is 0.242 e. The zero-order chi connectivity index (χ0) is 12.3. The minimum absolute atomic E-state index is 0.000655. The van der Waals surface area contributed by atoms with E-state index in [-0.39, 0.29) is 24.4 Å². The largest absolute Gasteiger partial charge is 0.381 e. The van der Waals surface area contributed by atoms with Crippen molar-refractivity contribution >= 4 is 11.8 Å². The van der Waals surface area contributed by atoms with Gasteiger partial charge in [0.2, 0.25) is 11.8 Å². The van der Waals surface area contributed by atoms with Crippen LogP contribution in [0.25, 0.3) is 0 Å². The highest BCUT2D eigenvalue weighted by Gasteiger charge is 2.30. The van der Waals surface area contributed by atoms with Crippen molar-refractivity contribution in [2.45, 2.75) is 32.2 Å². The fraction of sp³-hybridized carbons (Fsp3) is 0.833. The number of nitrogens with zero attached hydrogens (tertiary/aromatic N) is 1. The summed E-state index contributed by atoms with van der Waals surface area (Å²) in [7, 11) is 0. The van der Waals surface area contributed by atoms with Crippen molar-refractivity contribution in [2.24, 2.45) is 5.92 Å². The van der Waals surface area contributed by atoms with E-state index in [9.17, 15) is 9.59 Å².